The molecule has 0 amide bonds. The Morgan fingerprint density at radius 1 is 1.24 bits per heavy atom. The molecular formula is C14H21N3O3S. The van der Waals surface area contributed by atoms with Crippen molar-refractivity contribution in [2.24, 2.45) is 5.73 Å². The van der Waals surface area contributed by atoms with Crippen molar-refractivity contribution in [3.05, 3.63) is 29.3 Å². The van der Waals surface area contributed by atoms with Gasteiger partial charge in [-0.2, -0.15) is 12.7 Å². The molecule has 0 aromatic heterocycles. The van der Waals surface area contributed by atoms with E-state index in [1.165, 1.54) is 8.61 Å². The van der Waals surface area contributed by atoms with E-state index in [9.17, 15) is 8.42 Å². The smallest absolute Gasteiger partial charge is 0.304 e. The van der Waals surface area contributed by atoms with Crippen LogP contribution in [-0.2, 0) is 21.4 Å². The van der Waals surface area contributed by atoms with Crippen LogP contribution in [0.4, 0.5) is 5.69 Å². The number of fused-ring (bicyclic) bond motifs is 1. The fourth-order valence-corrected chi connectivity index (χ4v) is 4.47. The van der Waals surface area contributed by atoms with Crippen LogP contribution in [0.3, 0.4) is 0 Å². The maximum atomic E-state index is 12.7. The first kappa shape index (κ1) is 14.8. The van der Waals surface area contributed by atoms with Gasteiger partial charge in [-0.3, -0.25) is 4.31 Å². The zero-order valence-electron chi connectivity index (χ0n) is 12.2. The minimum absolute atomic E-state index is 0.0415. The van der Waals surface area contributed by atoms with Crippen molar-refractivity contribution in [1.29, 1.82) is 0 Å². The van der Waals surface area contributed by atoms with Crippen LogP contribution in [0.15, 0.2) is 18.2 Å². The van der Waals surface area contributed by atoms with Gasteiger partial charge in [-0.1, -0.05) is 12.1 Å². The maximum absolute atomic E-state index is 12.7. The van der Waals surface area contributed by atoms with E-state index in [2.05, 4.69) is 0 Å². The number of hydrogen-bond acceptors (Lipinski definition) is 4. The molecule has 0 spiro atoms. The molecule has 116 valence electrons. The lowest BCUT2D eigenvalue weighted by molar-refractivity contribution is 0.0729. The van der Waals surface area contributed by atoms with Crippen molar-refractivity contribution >= 4 is 15.9 Å². The topological polar surface area (TPSA) is 75.9 Å². The second-order valence-electron chi connectivity index (χ2n) is 5.52. The molecule has 6 nitrogen and oxygen atoms in total. The Morgan fingerprint density at radius 2 is 1.95 bits per heavy atom. The molecule has 0 radical (unpaired) electrons. The van der Waals surface area contributed by atoms with E-state index in [1.807, 2.05) is 25.1 Å². The SMILES string of the molecule is CC(N)c1ccc2c(c1)CCN2S(=O)(=O)N1CCOCC1. The summed E-state index contributed by atoms with van der Waals surface area (Å²) in [5.41, 5.74) is 8.77. The van der Waals surface area contributed by atoms with Gasteiger partial charge in [-0.25, -0.2) is 0 Å². The van der Waals surface area contributed by atoms with E-state index < -0.39 is 10.2 Å². The van der Waals surface area contributed by atoms with Crippen molar-refractivity contribution in [3.63, 3.8) is 0 Å². The molecule has 21 heavy (non-hydrogen) atoms. The highest BCUT2D eigenvalue weighted by atomic mass is 32.2. The third-order valence-corrected chi connectivity index (χ3v) is 6.01. The monoisotopic (exact) mass is 311 g/mol. The summed E-state index contributed by atoms with van der Waals surface area (Å²) in [6.45, 7) is 4.20. The van der Waals surface area contributed by atoms with Crippen LogP contribution in [0.5, 0.6) is 0 Å². The minimum atomic E-state index is -3.45. The average Bonchev–Trinajstić information content (AvgIpc) is 2.91. The number of nitrogens with two attached hydrogens (primary N) is 1. The van der Waals surface area contributed by atoms with Gasteiger partial charge < -0.3 is 10.5 Å². The molecule has 2 aliphatic heterocycles. The zero-order valence-corrected chi connectivity index (χ0v) is 13.0. The van der Waals surface area contributed by atoms with E-state index in [0.717, 1.165) is 23.2 Å². The van der Waals surface area contributed by atoms with Crippen LogP contribution < -0.4 is 10.0 Å². The van der Waals surface area contributed by atoms with Gasteiger partial charge in [0, 0.05) is 25.7 Å². The largest absolute Gasteiger partial charge is 0.379 e. The second kappa shape index (κ2) is 5.57. The fourth-order valence-electron chi connectivity index (χ4n) is 2.83. The van der Waals surface area contributed by atoms with E-state index in [1.54, 1.807) is 0 Å². The molecule has 0 saturated carbocycles. The van der Waals surface area contributed by atoms with Gasteiger partial charge in [0.15, 0.2) is 0 Å². The molecule has 1 unspecified atom stereocenters. The Balaban J connectivity index is 1.89. The first-order valence-corrected chi connectivity index (χ1v) is 8.64. The van der Waals surface area contributed by atoms with E-state index in [4.69, 9.17) is 10.5 Å². The van der Waals surface area contributed by atoms with Gasteiger partial charge >= 0.3 is 10.2 Å². The number of rotatable bonds is 3. The minimum Gasteiger partial charge on any atom is -0.379 e. The molecule has 1 atom stereocenters. The van der Waals surface area contributed by atoms with Gasteiger partial charge in [0.05, 0.1) is 18.9 Å². The van der Waals surface area contributed by atoms with Crippen LogP contribution in [0, 0.1) is 0 Å². The Bertz CT molecular complexity index is 624. The van der Waals surface area contributed by atoms with Gasteiger partial charge in [-0.05, 0) is 30.5 Å². The van der Waals surface area contributed by atoms with Crippen LogP contribution in [0.2, 0.25) is 0 Å². The quantitative estimate of drug-likeness (QED) is 0.889. The Hall–Kier alpha value is -1.15. The molecule has 1 aromatic carbocycles. The van der Waals surface area contributed by atoms with Crippen molar-refractivity contribution in [3.8, 4) is 0 Å². The summed E-state index contributed by atoms with van der Waals surface area (Å²) in [6, 6.07) is 5.77. The number of nitrogens with zero attached hydrogens (tertiary/aromatic N) is 2. The third kappa shape index (κ3) is 2.66. The van der Waals surface area contributed by atoms with E-state index >= 15 is 0 Å². The summed E-state index contributed by atoms with van der Waals surface area (Å²) in [7, 11) is -3.45. The van der Waals surface area contributed by atoms with E-state index in [-0.39, 0.29) is 6.04 Å². The number of anilines is 1. The average molecular weight is 311 g/mol. The van der Waals surface area contributed by atoms with E-state index in [0.29, 0.717) is 32.8 Å². The zero-order chi connectivity index (χ0) is 15.0. The van der Waals surface area contributed by atoms with Crippen molar-refractivity contribution in [2.75, 3.05) is 37.2 Å². The molecule has 2 aliphatic rings. The van der Waals surface area contributed by atoms with Crippen LogP contribution in [0.1, 0.15) is 24.1 Å². The van der Waals surface area contributed by atoms with Crippen LogP contribution in [0.25, 0.3) is 0 Å². The predicted octanol–water partition coefficient (Wildman–Crippen LogP) is 0.646. The lowest BCUT2D eigenvalue weighted by Crippen LogP contribution is -2.48. The lowest BCUT2D eigenvalue weighted by atomic mass is 10.0. The Labute approximate surface area is 125 Å². The molecule has 1 saturated heterocycles. The molecule has 0 aliphatic carbocycles. The van der Waals surface area contributed by atoms with Crippen molar-refractivity contribution in [1.82, 2.24) is 4.31 Å². The first-order valence-electron chi connectivity index (χ1n) is 7.24. The van der Waals surface area contributed by atoms with Crippen LogP contribution >= 0.6 is 0 Å². The van der Waals surface area contributed by atoms with Gasteiger partial charge in [-0.15, -0.1) is 0 Å². The predicted molar refractivity (Wildman–Crippen MR) is 81.4 cm³/mol. The number of morpholine rings is 1. The lowest BCUT2D eigenvalue weighted by Gasteiger charge is -2.31. The molecule has 3 rings (SSSR count). The summed E-state index contributed by atoms with van der Waals surface area (Å²) in [5, 5.41) is 0. The molecular weight excluding hydrogens is 290 g/mol. The fraction of sp³-hybridized carbons (Fsp3) is 0.571. The van der Waals surface area contributed by atoms with Gasteiger partial charge in [0.2, 0.25) is 0 Å². The highest BCUT2D eigenvalue weighted by molar-refractivity contribution is 7.90. The Morgan fingerprint density at radius 3 is 2.62 bits per heavy atom. The normalized spacial score (nSPS) is 21.3. The number of ether oxygens (including phenoxy) is 1. The summed E-state index contributed by atoms with van der Waals surface area (Å²) < 4.78 is 33.7. The van der Waals surface area contributed by atoms with Crippen LogP contribution in [-0.4, -0.2) is 45.6 Å². The number of benzene rings is 1. The summed E-state index contributed by atoms with van der Waals surface area (Å²) in [5.74, 6) is 0. The van der Waals surface area contributed by atoms with Gasteiger partial charge in [0.1, 0.15) is 0 Å². The summed E-state index contributed by atoms with van der Waals surface area (Å²) >= 11 is 0. The first-order chi connectivity index (χ1) is 10.00. The van der Waals surface area contributed by atoms with Gasteiger partial charge in [0.25, 0.3) is 0 Å². The highest BCUT2D eigenvalue weighted by Crippen LogP contribution is 2.33. The van der Waals surface area contributed by atoms with Crippen molar-refractivity contribution < 1.29 is 13.2 Å². The third-order valence-electron chi connectivity index (χ3n) is 4.06. The molecule has 1 fully saturated rings. The molecule has 2 N–H and O–H groups in total. The second-order valence-corrected chi connectivity index (χ2v) is 7.37. The molecule has 2 heterocycles. The molecule has 7 heteroatoms. The summed E-state index contributed by atoms with van der Waals surface area (Å²) in [4.78, 5) is 0. The summed E-state index contributed by atoms with van der Waals surface area (Å²) in [6.07, 6.45) is 0.736. The Kier molecular flexibility index (Phi) is 3.92. The molecule has 0 bridgehead atoms. The number of hydrogen-bond donors (Lipinski definition) is 1. The molecule has 1 aromatic rings. The maximum Gasteiger partial charge on any atom is 0.304 e. The van der Waals surface area contributed by atoms with Crippen molar-refractivity contribution in [2.45, 2.75) is 19.4 Å². The standard InChI is InChI=1S/C14H21N3O3S/c1-11(15)12-2-3-14-13(10-12)4-5-17(14)21(18,19)16-6-8-20-9-7-16/h2-3,10-11H,4-9,15H2,1H3. The highest BCUT2D eigenvalue weighted by Gasteiger charge is 2.35.